The molecule has 1 rings (SSSR count). The molecule has 0 radical (unpaired) electrons. The zero-order valence-corrected chi connectivity index (χ0v) is 12.8. The summed E-state index contributed by atoms with van der Waals surface area (Å²) in [6.45, 7) is 12.1. The standard InChI is InChI=1S/C15H33N3/c1-5-8-13(6-2)9-14(7-3)18-11-15(4,16)10-17-12-18/h13-14,17H,5-12,16H2,1-4H3. The predicted molar refractivity (Wildman–Crippen MR) is 79.6 cm³/mol. The monoisotopic (exact) mass is 255 g/mol. The molecule has 3 N–H and O–H groups in total. The van der Waals surface area contributed by atoms with Crippen LogP contribution < -0.4 is 11.1 Å². The fourth-order valence-electron chi connectivity index (χ4n) is 3.17. The zero-order chi connectivity index (χ0) is 13.6. The molecule has 1 aliphatic rings. The third-order valence-corrected chi connectivity index (χ3v) is 4.28. The summed E-state index contributed by atoms with van der Waals surface area (Å²) >= 11 is 0. The minimum Gasteiger partial charge on any atom is -0.323 e. The molecular formula is C15H33N3. The van der Waals surface area contributed by atoms with Crippen molar-refractivity contribution in [3.8, 4) is 0 Å². The summed E-state index contributed by atoms with van der Waals surface area (Å²) in [5.74, 6) is 0.880. The molecule has 0 aromatic carbocycles. The molecule has 1 saturated heterocycles. The SMILES string of the molecule is CCCC(CC)CC(CC)N1CNCC(C)(N)C1. The summed E-state index contributed by atoms with van der Waals surface area (Å²) in [5, 5.41) is 3.46. The second-order valence-electron chi connectivity index (χ2n) is 6.35. The van der Waals surface area contributed by atoms with Gasteiger partial charge in [0.15, 0.2) is 0 Å². The Morgan fingerprint density at radius 3 is 2.50 bits per heavy atom. The molecule has 0 spiro atoms. The van der Waals surface area contributed by atoms with E-state index in [1.54, 1.807) is 0 Å². The average molecular weight is 255 g/mol. The first kappa shape index (κ1) is 15.9. The van der Waals surface area contributed by atoms with E-state index in [0.29, 0.717) is 6.04 Å². The lowest BCUT2D eigenvalue weighted by molar-refractivity contribution is 0.0870. The highest BCUT2D eigenvalue weighted by molar-refractivity contribution is 4.91. The Hall–Kier alpha value is -0.120. The van der Waals surface area contributed by atoms with Crippen LogP contribution in [-0.2, 0) is 0 Å². The molecule has 3 nitrogen and oxygen atoms in total. The highest BCUT2D eigenvalue weighted by atomic mass is 15.3. The van der Waals surface area contributed by atoms with E-state index in [9.17, 15) is 0 Å². The number of nitrogens with zero attached hydrogens (tertiary/aromatic N) is 1. The summed E-state index contributed by atoms with van der Waals surface area (Å²) in [7, 11) is 0. The van der Waals surface area contributed by atoms with Gasteiger partial charge in [0.2, 0.25) is 0 Å². The largest absolute Gasteiger partial charge is 0.323 e. The number of hydrogen-bond donors (Lipinski definition) is 2. The first-order chi connectivity index (χ1) is 8.52. The van der Waals surface area contributed by atoms with E-state index >= 15 is 0 Å². The van der Waals surface area contributed by atoms with Gasteiger partial charge in [0.1, 0.15) is 0 Å². The molecule has 0 amide bonds. The van der Waals surface area contributed by atoms with Crippen LogP contribution in [0.1, 0.15) is 59.8 Å². The number of hydrogen-bond acceptors (Lipinski definition) is 3. The third kappa shape index (κ3) is 4.87. The average Bonchev–Trinajstić information content (AvgIpc) is 2.33. The van der Waals surface area contributed by atoms with Crippen LogP contribution in [0.25, 0.3) is 0 Å². The van der Waals surface area contributed by atoms with Gasteiger partial charge in [-0.1, -0.05) is 40.0 Å². The second-order valence-corrected chi connectivity index (χ2v) is 6.35. The van der Waals surface area contributed by atoms with Crippen molar-refractivity contribution in [2.24, 2.45) is 11.7 Å². The van der Waals surface area contributed by atoms with Crippen LogP contribution >= 0.6 is 0 Å². The van der Waals surface area contributed by atoms with Gasteiger partial charge in [0.25, 0.3) is 0 Å². The second kappa shape index (κ2) is 7.46. The van der Waals surface area contributed by atoms with E-state index in [1.165, 1.54) is 32.1 Å². The molecule has 3 heteroatoms. The highest BCUT2D eigenvalue weighted by Gasteiger charge is 2.30. The number of nitrogens with two attached hydrogens (primary N) is 1. The van der Waals surface area contributed by atoms with E-state index in [-0.39, 0.29) is 5.54 Å². The Labute approximate surface area is 113 Å². The van der Waals surface area contributed by atoms with E-state index in [2.05, 4.69) is 37.9 Å². The van der Waals surface area contributed by atoms with Crippen molar-refractivity contribution in [2.45, 2.75) is 71.4 Å². The van der Waals surface area contributed by atoms with Crippen LogP contribution in [0.15, 0.2) is 0 Å². The molecule has 3 atom stereocenters. The summed E-state index contributed by atoms with van der Waals surface area (Å²) in [4.78, 5) is 2.56. The van der Waals surface area contributed by atoms with Crippen LogP contribution in [0.5, 0.6) is 0 Å². The maximum absolute atomic E-state index is 6.28. The lowest BCUT2D eigenvalue weighted by atomic mass is 9.90. The van der Waals surface area contributed by atoms with Crippen molar-refractivity contribution >= 4 is 0 Å². The quantitative estimate of drug-likeness (QED) is 0.734. The summed E-state index contributed by atoms with van der Waals surface area (Å²) < 4.78 is 0. The Morgan fingerprint density at radius 1 is 1.28 bits per heavy atom. The minimum atomic E-state index is -0.0713. The molecule has 0 aliphatic carbocycles. The van der Waals surface area contributed by atoms with Crippen LogP contribution in [0.4, 0.5) is 0 Å². The molecule has 1 fully saturated rings. The van der Waals surface area contributed by atoms with Crippen molar-refractivity contribution < 1.29 is 0 Å². The van der Waals surface area contributed by atoms with Crippen LogP contribution in [0.2, 0.25) is 0 Å². The Balaban J connectivity index is 2.53. The maximum atomic E-state index is 6.28. The lowest BCUT2D eigenvalue weighted by Gasteiger charge is -2.43. The molecule has 0 aromatic heterocycles. The number of nitrogens with one attached hydrogen (secondary N) is 1. The lowest BCUT2D eigenvalue weighted by Crippen LogP contribution is -2.63. The van der Waals surface area contributed by atoms with Crippen LogP contribution in [0, 0.1) is 5.92 Å². The number of rotatable bonds is 7. The minimum absolute atomic E-state index is 0.0713. The van der Waals surface area contributed by atoms with E-state index in [0.717, 1.165) is 25.7 Å². The molecular weight excluding hydrogens is 222 g/mol. The first-order valence-corrected chi connectivity index (χ1v) is 7.76. The highest BCUT2D eigenvalue weighted by Crippen LogP contribution is 2.23. The van der Waals surface area contributed by atoms with Gasteiger partial charge in [0.05, 0.1) is 0 Å². The van der Waals surface area contributed by atoms with Crippen molar-refractivity contribution in [3.63, 3.8) is 0 Å². The predicted octanol–water partition coefficient (Wildman–Crippen LogP) is 2.56. The summed E-state index contributed by atoms with van der Waals surface area (Å²) in [6, 6.07) is 0.692. The Morgan fingerprint density at radius 2 is 2.00 bits per heavy atom. The summed E-state index contributed by atoms with van der Waals surface area (Å²) in [5.41, 5.74) is 6.21. The fraction of sp³-hybridized carbons (Fsp3) is 1.00. The Bertz CT molecular complexity index is 228. The topological polar surface area (TPSA) is 41.3 Å². The van der Waals surface area contributed by atoms with Crippen molar-refractivity contribution in [3.05, 3.63) is 0 Å². The van der Waals surface area contributed by atoms with Crippen molar-refractivity contribution in [1.82, 2.24) is 10.2 Å². The van der Waals surface area contributed by atoms with Gasteiger partial charge >= 0.3 is 0 Å². The Kier molecular flexibility index (Phi) is 6.61. The smallest absolute Gasteiger partial charge is 0.0484 e. The van der Waals surface area contributed by atoms with Crippen LogP contribution in [-0.4, -0.2) is 36.2 Å². The van der Waals surface area contributed by atoms with E-state index < -0.39 is 0 Å². The zero-order valence-electron chi connectivity index (χ0n) is 12.8. The molecule has 1 aliphatic heterocycles. The van der Waals surface area contributed by atoms with E-state index in [4.69, 9.17) is 5.73 Å². The molecule has 0 aromatic rings. The molecule has 0 bridgehead atoms. The molecule has 3 unspecified atom stereocenters. The fourth-order valence-corrected chi connectivity index (χ4v) is 3.17. The van der Waals surface area contributed by atoms with Gasteiger partial charge < -0.3 is 11.1 Å². The maximum Gasteiger partial charge on any atom is 0.0484 e. The van der Waals surface area contributed by atoms with Crippen molar-refractivity contribution in [2.75, 3.05) is 19.8 Å². The summed E-state index contributed by atoms with van der Waals surface area (Å²) in [6.07, 6.45) is 6.55. The van der Waals surface area contributed by atoms with E-state index in [1.807, 2.05) is 0 Å². The molecule has 18 heavy (non-hydrogen) atoms. The normalized spacial score (nSPS) is 29.2. The van der Waals surface area contributed by atoms with Gasteiger partial charge in [-0.15, -0.1) is 0 Å². The molecule has 108 valence electrons. The molecule has 0 saturated carbocycles. The van der Waals surface area contributed by atoms with Gasteiger partial charge in [-0.25, -0.2) is 0 Å². The van der Waals surface area contributed by atoms with Gasteiger partial charge in [-0.3, -0.25) is 4.90 Å². The van der Waals surface area contributed by atoms with Gasteiger partial charge in [-0.2, -0.15) is 0 Å². The van der Waals surface area contributed by atoms with Crippen molar-refractivity contribution in [1.29, 1.82) is 0 Å². The first-order valence-electron chi connectivity index (χ1n) is 7.76. The van der Waals surface area contributed by atoms with Crippen LogP contribution in [0.3, 0.4) is 0 Å². The van der Waals surface area contributed by atoms with Gasteiger partial charge in [0, 0.05) is 31.3 Å². The molecule has 1 heterocycles. The van der Waals surface area contributed by atoms with Gasteiger partial charge in [-0.05, 0) is 25.7 Å². The third-order valence-electron chi connectivity index (χ3n) is 4.28.